The van der Waals surface area contributed by atoms with Gasteiger partial charge >= 0.3 is 6.18 Å². The number of hydrogen-bond donors (Lipinski definition) is 2. The van der Waals surface area contributed by atoms with E-state index in [1.54, 1.807) is 13.0 Å². The average Bonchev–Trinajstić information content (AvgIpc) is 2.73. The molecule has 2 atom stereocenters. The molecule has 1 saturated carbocycles. The Balaban J connectivity index is 2.07. The number of anilines is 1. The van der Waals surface area contributed by atoms with Crippen LogP contribution in [0.5, 0.6) is 0 Å². The third-order valence-corrected chi connectivity index (χ3v) is 3.48. The first-order valence-electron chi connectivity index (χ1n) is 6.27. The van der Waals surface area contributed by atoms with Crippen molar-refractivity contribution in [3.05, 3.63) is 11.8 Å². The van der Waals surface area contributed by atoms with E-state index < -0.39 is 23.9 Å². The van der Waals surface area contributed by atoms with Crippen LogP contribution in [0.4, 0.5) is 19.0 Å². The van der Waals surface area contributed by atoms with Crippen LogP contribution in [0.15, 0.2) is 6.07 Å². The van der Waals surface area contributed by atoms with Crippen molar-refractivity contribution in [3.63, 3.8) is 0 Å². The number of hydrogen-bond acceptors (Lipinski definition) is 2. The Kier molecular flexibility index (Phi) is 3.82. The molecule has 19 heavy (non-hydrogen) atoms. The number of carbonyl (C=O) groups is 1. The Morgan fingerprint density at radius 3 is 2.68 bits per heavy atom. The molecule has 0 aromatic carbocycles. The van der Waals surface area contributed by atoms with Crippen LogP contribution in [0.1, 0.15) is 31.4 Å². The van der Waals surface area contributed by atoms with Gasteiger partial charge in [0.1, 0.15) is 0 Å². The van der Waals surface area contributed by atoms with Crippen molar-refractivity contribution in [2.75, 3.05) is 5.32 Å². The summed E-state index contributed by atoms with van der Waals surface area (Å²) in [6, 6.07) is 1.59. The molecule has 0 radical (unpaired) electrons. The quantitative estimate of drug-likeness (QED) is 0.871. The summed E-state index contributed by atoms with van der Waals surface area (Å²) >= 11 is 0. The molecule has 2 N–H and O–H groups in total. The van der Waals surface area contributed by atoms with Crippen LogP contribution in [-0.4, -0.2) is 22.3 Å². The van der Waals surface area contributed by atoms with E-state index in [-0.39, 0.29) is 18.7 Å². The Morgan fingerprint density at radius 1 is 1.42 bits per heavy atom. The van der Waals surface area contributed by atoms with Gasteiger partial charge in [-0.1, -0.05) is 12.8 Å². The normalized spacial score (nSPS) is 24.2. The summed E-state index contributed by atoms with van der Waals surface area (Å²) in [7, 11) is 0. The molecule has 7 heteroatoms. The zero-order chi connectivity index (χ0) is 14.0. The fraction of sp³-hybridized carbons (Fsp3) is 0.667. The number of nitrogens with one attached hydrogen (secondary N) is 2. The van der Waals surface area contributed by atoms with Gasteiger partial charge in [-0.3, -0.25) is 9.89 Å². The van der Waals surface area contributed by atoms with E-state index in [0.29, 0.717) is 12.8 Å². The Labute approximate surface area is 108 Å². The summed E-state index contributed by atoms with van der Waals surface area (Å²) in [5.74, 6) is -2.87. The summed E-state index contributed by atoms with van der Waals surface area (Å²) in [4.78, 5) is 12.0. The number of aromatic nitrogens is 2. The number of halogens is 3. The van der Waals surface area contributed by atoms with Crippen LogP contribution in [0.2, 0.25) is 0 Å². The lowest BCUT2D eigenvalue weighted by atomic mass is 9.78. The van der Waals surface area contributed by atoms with Crippen molar-refractivity contribution >= 4 is 11.7 Å². The molecule has 1 aliphatic rings. The first-order chi connectivity index (χ1) is 8.88. The Hall–Kier alpha value is -1.53. The number of amides is 1. The molecule has 2 rings (SSSR count). The standard InChI is InChI=1S/C12H16F3N3O/c1-7-6-10(18-17-7)16-11(19)8-4-2-3-5-9(8)12(13,14)15/h6,8-9H,2-5H2,1H3,(H2,16,17,18,19). The van der Waals surface area contributed by atoms with Crippen molar-refractivity contribution in [1.82, 2.24) is 10.2 Å². The van der Waals surface area contributed by atoms with Crippen molar-refractivity contribution in [2.24, 2.45) is 11.8 Å². The SMILES string of the molecule is Cc1cc(NC(=O)C2CCCCC2C(F)(F)F)n[nH]1. The molecule has 1 heterocycles. The van der Waals surface area contributed by atoms with Crippen molar-refractivity contribution < 1.29 is 18.0 Å². The maximum absolute atomic E-state index is 12.9. The second-order valence-electron chi connectivity index (χ2n) is 4.96. The molecular formula is C12H16F3N3O. The van der Waals surface area contributed by atoms with E-state index in [0.717, 1.165) is 5.69 Å². The molecule has 4 nitrogen and oxygen atoms in total. The molecule has 1 fully saturated rings. The summed E-state index contributed by atoms with van der Waals surface area (Å²) in [5, 5.41) is 8.88. The molecule has 1 amide bonds. The van der Waals surface area contributed by atoms with Gasteiger partial charge in [0.2, 0.25) is 5.91 Å². The van der Waals surface area contributed by atoms with Gasteiger partial charge in [0, 0.05) is 17.7 Å². The summed E-state index contributed by atoms with van der Waals surface area (Å²) in [5.41, 5.74) is 0.742. The maximum Gasteiger partial charge on any atom is 0.392 e. The molecule has 1 aromatic rings. The first kappa shape index (κ1) is 13.9. The molecule has 0 bridgehead atoms. The number of rotatable bonds is 2. The highest BCUT2D eigenvalue weighted by Gasteiger charge is 2.48. The lowest BCUT2D eigenvalue weighted by Gasteiger charge is -2.31. The van der Waals surface area contributed by atoms with Gasteiger partial charge in [0.15, 0.2) is 5.82 Å². The highest BCUT2D eigenvalue weighted by atomic mass is 19.4. The third-order valence-electron chi connectivity index (χ3n) is 3.48. The number of H-pyrrole nitrogens is 1. The number of nitrogens with zero attached hydrogens (tertiary/aromatic N) is 1. The van der Waals surface area contributed by atoms with E-state index in [1.165, 1.54) is 0 Å². The second kappa shape index (κ2) is 5.22. The molecule has 2 unspecified atom stereocenters. The van der Waals surface area contributed by atoms with Crippen LogP contribution in [-0.2, 0) is 4.79 Å². The number of aromatic amines is 1. The van der Waals surface area contributed by atoms with Gasteiger partial charge in [-0.15, -0.1) is 0 Å². The molecule has 1 aliphatic carbocycles. The highest BCUT2D eigenvalue weighted by Crippen LogP contribution is 2.41. The molecule has 0 spiro atoms. The molecular weight excluding hydrogens is 259 g/mol. The minimum atomic E-state index is -4.32. The fourth-order valence-corrected chi connectivity index (χ4v) is 2.54. The Bertz CT molecular complexity index is 455. The van der Waals surface area contributed by atoms with Gasteiger partial charge in [-0.25, -0.2) is 0 Å². The van der Waals surface area contributed by atoms with E-state index in [9.17, 15) is 18.0 Å². The smallest absolute Gasteiger partial charge is 0.309 e. The largest absolute Gasteiger partial charge is 0.392 e. The Morgan fingerprint density at radius 2 is 2.11 bits per heavy atom. The first-order valence-corrected chi connectivity index (χ1v) is 6.27. The predicted octanol–water partition coefficient (Wildman–Crippen LogP) is 3.03. The predicted molar refractivity (Wildman–Crippen MR) is 63.5 cm³/mol. The van der Waals surface area contributed by atoms with Crippen LogP contribution >= 0.6 is 0 Å². The van der Waals surface area contributed by atoms with Gasteiger partial charge in [-0.05, 0) is 19.8 Å². The number of carbonyl (C=O) groups excluding carboxylic acids is 1. The van der Waals surface area contributed by atoms with Gasteiger partial charge in [0.25, 0.3) is 0 Å². The van der Waals surface area contributed by atoms with E-state index >= 15 is 0 Å². The maximum atomic E-state index is 12.9. The molecule has 0 aliphatic heterocycles. The average molecular weight is 275 g/mol. The van der Waals surface area contributed by atoms with Crippen molar-refractivity contribution in [1.29, 1.82) is 0 Å². The fourth-order valence-electron chi connectivity index (χ4n) is 2.54. The summed E-state index contributed by atoms with van der Waals surface area (Å²) in [6.45, 7) is 1.75. The summed E-state index contributed by atoms with van der Waals surface area (Å²) < 4.78 is 38.7. The van der Waals surface area contributed by atoms with E-state index in [1.807, 2.05) is 0 Å². The lowest BCUT2D eigenvalue weighted by Crippen LogP contribution is -2.39. The highest BCUT2D eigenvalue weighted by molar-refractivity contribution is 5.92. The van der Waals surface area contributed by atoms with Crippen LogP contribution in [0.25, 0.3) is 0 Å². The second-order valence-corrected chi connectivity index (χ2v) is 4.96. The van der Waals surface area contributed by atoms with Gasteiger partial charge in [-0.2, -0.15) is 18.3 Å². The molecule has 0 saturated heterocycles. The van der Waals surface area contributed by atoms with Crippen molar-refractivity contribution in [2.45, 2.75) is 38.8 Å². The van der Waals surface area contributed by atoms with Crippen LogP contribution in [0, 0.1) is 18.8 Å². The molecule has 1 aromatic heterocycles. The minimum absolute atomic E-state index is 0.0289. The lowest BCUT2D eigenvalue weighted by molar-refractivity contribution is -0.197. The third kappa shape index (κ3) is 3.27. The number of alkyl halides is 3. The van der Waals surface area contributed by atoms with Gasteiger partial charge in [0.05, 0.1) is 5.92 Å². The zero-order valence-corrected chi connectivity index (χ0v) is 10.5. The van der Waals surface area contributed by atoms with Crippen LogP contribution in [0.3, 0.4) is 0 Å². The van der Waals surface area contributed by atoms with Crippen LogP contribution < -0.4 is 5.32 Å². The summed E-state index contributed by atoms with van der Waals surface area (Å²) in [6.07, 6.45) is -2.83. The monoisotopic (exact) mass is 275 g/mol. The van der Waals surface area contributed by atoms with E-state index in [4.69, 9.17) is 0 Å². The minimum Gasteiger partial charge on any atom is -0.309 e. The molecule has 106 valence electrons. The zero-order valence-electron chi connectivity index (χ0n) is 10.5. The topological polar surface area (TPSA) is 57.8 Å². The van der Waals surface area contributed by atoms with Crippen molar-refractivity contribution in [3.8, 4) is 0 Å². The van der Waals surface area contributed by atoms with Gasteiger partial charge < -0.3 is 5.32 Å². The van der Waals surface area contributed by atoms with E-state index in [2.05, 4.69) is 15.5 Å². The number of aryl methyl sites for hydroxylation is 1.